The van der Waals surface area contributed by atoms with Gasteiger partial charge in [0, 0.05) is 18.4 Å². The number of hydrogen-bond acceptors (Lipinski definition) is 5. The molecular formula is C23H30FN5O2. The molecule has 2 N–H and O–H groups in total. The Bertz CT molecular complexity index is 886. The summed E-state index contributed by atoms with van der Waals surface area (Å²) in [6.07, 6.45) is 7.68. The van der Waals surface area contributed by atoms with E-state index < -0.39 is 0 Å². The molecule has 0 unspecified atom stereocenters. The van der Waals surface area contributed by atoms with Gasteiger partial charge in [-0.15, -0.1) is 10.2 Å². The lowest BCUT2D eigenvalue weighted by Crippen LogP contribution is -2.51. The number of carbonyl (C=O) groups excluding carboxylic acids is 1. The molecule has 31 heavy (non-hydrogen) atoms. The fourth-order valence-electron chi connectivity index (χ4n) is 5.01. The maximum absolute atomic E-state index is 12.9. The summed E-state index contributed by atoms with van der Waals surface area (Å²) in [6.45, 7) is 2.73. The molecule has 3 saturated carbocycles. The fourth-order valence-corrected chi connectivity index (χ4v) is 5.01. The summed E-state index contributed by atoms with van der Waals surface area (Å²) in [7, 11) is 0. The number of ether oxygens (including phenoxy) is 1. The molecule has 1 heterocycles. The zero-order valence-corrected chi connectivity index (χ0v) is 18.0. The molecule has 1 amide bonds. The van der Waals surface area contributed by atoms with Gasteiger partial charge in [-0.05, 0) is 73.6 Å². The van der Waals surface area contributed by atoms with E-state index in [1.807, 2.05) is 19.1 Å². The molecule has 3 fully saturated rings. The van der Waals surface area contributed by atoms with Gasteiger partial charge in [0.2, 0.25) is 5.91 Å². The molecule has 0 radical (unpaired) electrons. The van der Waals surface area contributed by atoms with E-state index >= 15 is 0 Å². The van der Waals surface area contributed by atoms with Gasteiger partial charge in [0.15, 0.2) is 5.82 Å². The van der Waals surface area contributed by atoms with Crippen LogP contribution >= 0.6 is 0 Å². The number of nitrogens with one attached hydrogen (secondary N) is 2. The van der Waals surface area contributed by atoms with Crippen molar-refractivity contribution in [3.05, 3.63) is 47.6 Å². The van der Waals surface area contributed by atoms with Crippen LogP contribution in [0.5, 0.6) is 5.75 Å². The predicted octanol–water partition coefficient (Wildman–Crippen LogP) is 3.79. The Balaban J connectivity index is 1.32. The van der Waals surface area contributed by atoms with E-state index in [9.17, 15) is 9.18 Å². The van der Waals surface area contributed by atoms with Crippen LogP contribution in [0.1, 0.15) is 63.3 Å². The molecule has 1 aromatic heterocycles. The third-order valence-corrected chi connectivity index (χ3v) is 7.25. The van der Waals surface area contributed by atoms with Gasteiger partial charge in [0.1, 0.15) is 12.4 Å². The predicted molar refractivity (Wildman–Crippen MR) is 114 cm³/mol. The highest BCUT2D eigenvalue weighted by Crippen LogP contribution is 2.57. The minimum atomic E-state index is -0.239. The zero-order valence-electron chi connectivity index (χ0n) is 18.0. The van der Waals surface area contributed by atoms with Crippen molar-refractivity contribution in [1.29, 1.82) is 0 Å². The highest BCUT2D eigenvalue weighted by Gasteiger charge is 2.52. The van der Waals surface area contributed by atoms with Crippen LogP contribution in [0.3, 0.4) is 0 Å². The second-order valence-corrected chi connectivity index (χ2v) is 8.83. The van der Waals surface area contributed by atoms with Gasteiger partial charge in [-0.25, -0.2) is 4.39 Å². The Morgan fingerprint density at radius 3 is 2.48 bits per heavy atom. The quantitative estimate of drug-likeness (QED) is 0.635. The number of hydrogen-bond donors (Lipinski definition) is 2. The second kappa shape index (κ2) is 9.16. The Labute approximate surface area is 181 Å². The Hall–Kier alpha value is -2.77. The average molecular weight is 428 g/mol. The number of fused-ring (bicyclic) bond motifs is 3. The van der Waals surface area contributed by atoms with Gasteiger partial charge in [-0.3, -0.25) is 4.79 Å². The maximum atomic E-state index is 12.9. The van der Waals surface area contributed by atoms with Crippen molar-refractivity contribution >= 4 is 5.91 Å². The van der Waals surface area contributed by atoms with E-state index in [2.05, 4.69) is 38.1 Å². The number of benzene rings is 1. The van der Waals surface area contributed by atoms with Crippen molar-refractivity contribution in [2.45, 2.75) is 63.7 Å². The van der Waals surface area contributed by atoms with Gasteiger partial charge in [0.25, 0.3) is 0 Å². The summed E-state index contributed by atoms with van der Waals surface area (Å²) in [5, 5.41) is 16.9. The molecular weight excluding hydrogens is 397 g/mol. The minimum Gasteiger partial charge on any atom is -0.489 e. The number of H-pyrrole nitrogens is 1. The van der Waals surface area contributed by atoms with Crippen LogP contribution in [0.15, 0.2) is 36.2 Å². The first-order valence-corrected chi connectivity index (χ1v) is 11.1. The topological polar surface area (TPSA) is 92.8 Å². The molecule has 166 valence electrons. The summed E-state index contributed by atoms with van der Waals surface area (Å²) >= 11 is 0. The Morgan fingerprint density at radius 1 is 1.19 bits per heavy atom. The van der Waals surface area contributed by atoms with E-state index in [0.29, 0.717) is 37.1 Å². The van der Waals surface area contributed by atoms with Crippen molar-refractivity contribution in [2.75, 3.05) is 13.2 Å². The van der Waals surface area contributed by atoms with Crippen LogP contribution in [-0.4, -0.2) is 39.7 Å². The SMILES string of the molecule is CC/C(=C\F)COc1ccc(C23CCC(C(=O)NCCc4nn[nH]n4)(CC2)CC3)cc1. The first kappa shape index (κ1) is 21.5. The van der Waals surface area contributed by atoms with Crippen molar-refractivity contribution in [1.82, 2.24) is 25.9 Å². The van der Waals surface area contributed by atoms with Crippen LogP contribution in [0.2, 0.25) is 0 Å². The van der Waals surface area contributed by atoms with Crippen molar-refractivity contribution in [3.63, 3.8) is 0 Å². The third-order valence-electron chi connectivity index (χ3n) is 7.25. The highest BCUT2D eigenvalue weighted by molar-refractivity contribution is 5.83. The second-order valence-electron chi connectivity index (χ2n) is 8.83. The summed E-state index contributed by atoms with van der Waals surface area (Å²) in [6, 6.07) is 8.25. The van der Waals surface area contributed by atoms with Gasteiger partial charge in [-0.1, -0.05) is 24.3 Å². The van der Waals surface area contributed by atoms with Crippen LogP contribution < -0.4 is 10.1 Å². The number of rotatable bonds is 9. The van der Waals surface area contributed by atoms with Crippen LogP contribution in [-0.2, 0) is 16.6 Å². The molecule has 0 aliphatic heterocycles. The van der Waals surface area contributed by atoms with Gasteiger partial charge in [-0.2, -0.15) is 5.21 Å². The zero-order chi connectivity index (χ0) is 21.7. The molecule has 5 rings (SSSR count). The Kier molecular flexibility index (Phi) is 6.34. The van der Waals surface area contributed by atoms with E-state index in [4.69, 9.17) is 4.74 Å². The largest absolute Gasteiger partial charge is 0.489 e. The molecule has 0 spiro atoms. The van der Waals surface area contributed by atoms with E-state index in [1.54, 1.807) is 0 Å². The van der Waals surface area contributed by atoms with Crippen LogP contribution in [0, 0.1) is 5.41 Å². The molecule has 8 heteroatoms. The van der Waals surface area contributed by atoms with E-state index in [-0.39, 0.29) is 23.3 Å². The molecule has 3 aliphatic carbocycles. The fraction of sp³-hybridized carbons (Fsp3) is 0.565. The summed E-state index contributed by atoms with van der Waals surface area (Å²) < 4.78 is 18.4. The molecule has 0 saturated heterocycles. The van der Waals surface area contributed by atoms with Crippen molar-refractivity contribution < 1.29 is 13.9 Å². The lowest BCUT2D eigenvalue weighted by atomic mass is 9.51. The van der Waals surface area contributed by atoms with E-state index in [1.165, 1.54) is 5.56 Å². The average Bonchev–Trinajstić information content (AvgIpc) is 3.35. The third kappa shape index (κ3) is 4.48. The van der Waals surface area contributed by atoms with Gasteiger partial charge in [0.05, 0.1) is 6.33 Å². The number of aromatic nitrogens is 4. The molecule has 7 nitrogen and oxygen atoms in total. The number of nitrogens with zero attached hydrogens (tertiary/aromatic N) is 3. The monoisotopic (exact) mass is 427 g/mol. The Morgan fingerprint density at radius 2 is 1.90 bits per heavy atom. The van der Waals surface area contributed by atoms with Crippen LogP contribution in [0.25, 0.3) is 0 Å². The molecule has 0 atom stereocenters. The minimum absolute atomic E-state index is 0.151. The molecule has 2 aromatic rings. The van der Waals surface area contributed by atoms with Crippen molar-refractivity contribution in [2.24, 2.45) is 5.41 Å². The maximum Gasteiger partial charge on any atom is 0.226 e. The first-order valence-electron chi connectivity index (χ1n) is 11.1. The summed E-state index contributed by atoms with van der Waals surface area (Å²) in [4.78, 5) is 12.9. The summed E-state index contributed by atoms with van der Waals surface area (Å²) in [5.41, 5.74) is 1.88. The lowest BCUT2D eigenvalue weighted by molar-refractivity contribution is -0.137. The normalized spacial score (nSPS) is 25.4. The first-order chi connectivity index (χ1) is 15.1. The number of halogens is 1. The van der Waals surface area contributed by atoms with Crippen LogP contribution in [0.4, 0.5) is 4.39 Å². The smallest absolute Gasteiger partial charge is 0.226 e. The number of aromatic amines is 1. The molecule has 1 aromatic carbocycles. The van der Waals surface area contributed by atoms with Crippen molar-refractivity contribution in [3.8, 4) is 5.75 Å². The van der Waals surface area contributed by atoms with E-state index in [0.717, 1.165) is 44.3 Å². The standard InChI is InChI=1S/C23H30FN5O2/c1-2-17(15-24)16-31-19-5-3-18(4-6-19)22-8-11-23(12-9-22,13-10-22)21(30)25-14-7-20-26-28-29-27-20/h3-6,15H,2,7-14,16H2,1H3,(H,25,30)(H,26,27,28,29)/b17-15+. The van der Waals surface area contributed by atoms with Gasteiger partial charge < -0.3 is 10.1 Å². The molecule has 3 aliphatic rings. The summed E-state index contributed by atoms with van der Waals surface area (Å²) in [5.74, 6) is 1.54. The number of amides is 1. The number of tetrazole rings is 1. The lowest BCUT2D eigenvalue weighted by Gasteiger charge is -2.52. The van der Waals surface area contributed by atoms with Gasteiger partial charge >= 0.3 is 0 Å². The highest BCUT2D eigenvalue weighted by atomic mass is 19.1. The molecule has 2 bridgehead atoms. The number of carbonyl (C=O) groups is 1.